The average Bonchev–Trinajstić information content (AvgIpc) is 2.04. The Morgan fingerprint density at radius 1 is 1.50 bits per heavy atom. The van der Waals surface area contributed by atoms with Gasteiger partial charge in [-0.25, -0.2) is 4.79 Å². The van der Waals surface area contributed by atoms with Crippen molar-refractivity contribution in [3.63, 3.8) is 0 Å². The number of aliphatic carboxylic acids is 1. The molecule has 2 N–H and O–H groups in total. The molecule has 80 valence electrons. The van der Waals surface area contributed by atoms with Gasteiger partial charge in [-0.3, -0.25) is 4.79 Å². The quantitative estimate of drug-likeness (QED) is 0.606. The molecule has 0 aliphatic carbocycles. The van der Waals surface area contributed by atoms with Crippen molar-refractivity contribution in [1.29, 1.82) is 0 Å². The predicted molar refractivity (Wildman–Crippen MR) is 40.7 cm³/mol. The minimum absolute atomic E-state index is 0.172. The summed E-state index contributed by atoms with van der Waals surface area (Å²) in [5.74, 6) is -2.58. The van der Waals surface area contributed by atoms with Crippen molar-refractivity contribution in [2.75, 3.05) is 13.1 Å². The molecular formula is C7H8F3NO3. The maximum absolute atomic E-state index is 10.6. The summed E-state index contributed by atoms with van der Waals surface area (Å²) in [6, 6.07) is 0. The Hall–Kier alpha value is -1.37. The Morgan fingerprint density at radius 2 is 2.00 bits per heavy atom. The fraction of sp³-hybridized carbons (Fsp3) is 0.429. The number of hydrogen-bond donors (Lipinski definition) is 2. The van der Waals surface area contributed by atoms with Gasteiger partial charge in [0, 0.05) is 6.54 Å². The summed E-state index contributed by atoms with van der Waals surface area (Å²) in [6.45, 7) is 1.35. The van der Waals surface area contributed by atoms with E-state index in [1.54, 1.807) is 6.08 Å². The van der Waals surface area contributed by atoms with Crippen LogP contribution in [0.1, 0.15) is 0 Å². The molecule has 14 heavy (non-hydrogen) atoms. The second-order valence-electron chi connectivity index (χ2n) is 2.30. The number of rotatable bonds is 0. The first-order valence-corrected chi connectivity index (χ1v) is 3.54. The highest BCUT2D eigenvalue weighted by molar-refractivity contribution is 5.92. The summed E-state index contributed by atoms with van der Waals surface area (Å²) in [6.07, 6.45) is -1.65. The zero-order chi connectivity index (χ0) is 11.2. The van der Waals surface area contributed by atoms with E-state index in [0.29, 0.717) is 6.54 Å². The van der Waals surface area contributed by atoms with E-state index in [2.05, 4.69) is 5.32 Å². The second kappa shape index (κ2) is 5.38. The van der Waals surface area contributed by atoms with Crippen molar-refractivity contribution in [2.24, 2.45) is 0 Å². The maximum atomic E-state index is 10.6. The van der Waals surface area contributed by atoms with Crippen LogP contribution in [0.2, 0.25) is 0 Å². The number of carboxylic acid groups (broad SMARTS) is 1. The van der Waals surface area contributed by atoms with Crippen LogP contribution in [-0.4, -0.2) is 36.1 Å². The summed E-state index contributed by atoms with van der Waals surface area (Å²) < 4.78 is 31.7. The van der Waals surface area contributed by atoms with Crippen LogP contribution in [-0.2, 0) is 9.59 Å². The lowest BCUT2D eigenvalue weighted by Gasteiger charge is -2.00. The molecule has 1 aliphatic heterocycles. The monoisotopic (exact) mass is 211 g/mol. The van der Waals surface area contributed by atoms with Gasteiger partial charge >= 0.3 is 12.1 Å². The Bertz CT molecular complexity index is 247. The molecule has 0 aromatic heterocycles. The maximum Gasteiger partial charge on any atom is 0.490 e. The molecule has 0 amide bonds. The first-order chi connectivity index (χ1) is 6.34. The van der Waals surface area contributed by atoms with Gasteiger partial charge in [-0.15, -0.1) is 0 Å². The van der Waals surface area contributed by atoms with Crippen LogP contribution in [0.25, 0.3) is 0 Å². The number of carboxylic acids is 1. The van der Waals surface area contributed by atoms with E-state index >= 15 is 0 Å². The molecule has 0 unspecified atom stereocenters. The molecule has 4 nitrogen and oxygen atoms in total. The van der Waals surface area contributed by atoms with Crippen molar-refractivity contribution in [3.05, 3.63) is 12.2 Å². The van der Waals surface area contributed by atoms with Gasteiger partial charge in [0.25, 0.3) is 0 Å². The molecule has 0 aromatic rings. The highest BCUT2D eigenvalue weighted by Crippen LogP contribution is 2.13. The Morgan fingerprint density at radius 3 is 2.14 bits per heavy atom. The van der Waals surface area contributed by atoms with Gasteiger partial charge < -0.3 is 10.4 Å². The SMILES string of the molecule is O=C(O)C(F)(F)F.O=C1C=CCNC1. The smallest absolute Gasteiger partial charge is 0.475 e. The Kier molecular flexibility index (Phi) is 4.85. The van der Waals surface area contributed by atoms with Gasteiger partial charge in [-0.05, 0) is 6.08 Å². The van der Waals surface area contributed by atoms with Gasteiger partial charge in [0.05, 0.1) is 6.54 Å². The number of nitrogens with one attached hydrogen (secondary N) is 1. The zero-order valence-corrected chi connectivity index (χ0v) is 6.97. The minimum Gasteiger partial charge on any atom is -0.475 e. The number of carbonyl (C=O) groups excluding carboxylic acids is 1. The number of ketones is 1. The first kappa shape index (κ1) is 12.6. The summed E-state index contributed by atoms with van der Waals surface area (Å²) in [7, 11) is 0. The average molecular weight is 211 g/mol. The van der Waals surface area contributed by atoms with Gasteiger partial charge in [0.15, 0.2) is 5.78 Å². The molecule has 1 heterocycles. The zero-order valence-electron chi connectivity index (χ0n) is 6.97. The third-order valence-electron chi connectivity index (χ3n) is 1.11. The largest absolute Gasteiger partial charge is 0.490 e. The molecular weight excluding hydrogens is 203 g/mol. The van der Waals surface area contributed by atoms with Crippen molar-refractivity contribution in [2.45, 2.75) is 6.18 Å². The van der Waals surface area contributed by atoms with Gasteiger partial charge in [-0.1, -0.05) is 6.08 Å². The first-order valence-electron chi connectivity index (χ1n) is 3.54. The van der Waals surface area contributed by atoms with E-state index in [0.717, 1.165) is 6.54 Å². The van der Waals surface area contributed by atoms with Crippen LogP contribution in [0.5, 0.6) is 0 Å². The number of halogens is 3. The third kappa shape index (κ3) is 6.18. The standard InChI is InChI=1S/C5H7NO.C2HF3O2/c7-5-2-1-3-6-4-5;3-2(4,5)1(6)7/h1-2,6H,3-4H2;(H,6,7). The molecule has 7 heteroatoms. The lowest BCUT2D eigenvalue weighted by molar-refractivity contribution is -0.192. The molecule has 0 fully saturated rings. The summed E-state index contributed by atoms with van der Waals surface area (Å²) >= 11 is 0. The van der Waals surface area contributed by atoms with E-state index in [9.17, 15) is 18.0 Å². The Labute approximate surface area is 77.4 Å². The van der Waals surface area contributed by atoms with Crippen molar-refractivity contribution < 1.29 is 27.9 Å². The molecule has 0 bridgehead atoms. The van der Waals surface area contributed by atoms with Crippen LogP contribution in [0, 0.1) is 0 Å². The van der Waals surface area contributed by atoms with E-state index < -0.39 is 12.1 Å². The minimum atomic E-state index is -5.08. The van der Waals surface area contributed by atoms with Crippen molar-refractivity contribution in [3.8, 4) is 0 Å². The van der Waals surface area contributed by atoms with Crippen LogP contribution in [0.4, 0.5) is 13.2 Å². The highest BCUT2D eigenvalue weighted by atomic mass is 19.4. The summed E-state index contributed by atoms with van der Waals surface area (Å²) in [5, 5.41) is 10.0. The molecule has 0 saturated carbocycles. The molecule has 1 aliphatic rings. The van der Waals surface area contributed by atoms with Gasteiger partial charge in [0.1, 0.15) is 0 Å². The third-order valence-corrected chi connectivity index (χ3v) is 1.11. The fourth-order valence-electron chi connectivity index (χ4n) is 0.528. The fourth-order valence-corrected chi connectivity index (χ4v) is 0.528. The van der Waals surface area contributed by atoms with Gasteiger partial charge in [-0.2, -0.15) is 13.2 Å². The number of alkyl halides is 3. The van der Waals surface area contributed by atoms with Crippen molar-refractivity contribution in [1.82, 2.24) is 5.32 Å². The van der Waals surface area contributed by atoms with E-state index in [1.807, 2.05) is 6.08 Å². The molecule has 0 saturated heterocycles. The summed E-state index contributed by atoms with van der Waals surface area (Å²) in [4.78, 5) is 19.2. The molecule has 1 rings (SSSR count). The molecule has 0 radical (unpaired) electrons. The van der Waals surface area contributed by atoms with Crippen LogP contribution < -0.4 is 5.32 Å². The second-order valence-corrected chi connectivity index (χ2v) is 2.30. The molecule has 0 atom stereocenters. The van der Waals surface area contributed by atoms with E-state index in [1.165, 1.54) is 0 Å². The number of carbonyl (C=O) groups is 2. The lowest BCUT2D eigenvalue weighted by atomic mass is 10.3. The predicted octanol–water partition coefficient (Wildman–Crippen LogP) is 0.348. The van der Waals surface area contributed by atoms with E-state index in [-0.39, 0.29) is 5.78 Å². The topological polar surface area (TPSA) is 66.4 Å². The summed E-state index contributed by atoms with van der Waals surface area (Å²) in [5.41, 5.74) is 0. The number of hydrogen-bond acceptors (Lipinski definition) is 3. The van der Waals surface area contributed by atoms with Crippen molar-refractivity contribution >= 4 is 11.8 Å². The molecule has 0 aromatic carbocycles. The Balaban J connectivity index is 0.000000241. The van der Waals surface area contributed by atoms with Crippen LogP contribution in [0.15, 0.2) is 12.2 Å². The normalized spacial score (nSPS) is 15.8. The highest BCUT2D eigenvalue weighted by Gasteiger charge is 2.38. The van der Waals surface area contributed by atoms with Crippen LogP contribution >= 0.6 is 0 Å². The van der Waals surface area contributed by atoms with E-state index in [4.69, 9.17) is 9.90 Å². The molecule has 0 spiro atoms. The lowest BCUT2D eigenvalue weighted by Crippen LogP contribution is -2.25. The van der Waals surface area contributed by atoms with Crippen LogP contribution in [0.3, 0.4) is 0 Å². The van der Waals surface area contributed by atoms with Gasteiger partial charge in [0.2, 0.25) is 0 Å².